The van der Waals surface area contributed by atoms with Crippen LogP contribution in [-0.2, 0) is 21.1 Å². The van der Waals surface area contributed by atoms with Gasteiger partial charge in [0.1, 0.15) is 0 Å². The van der Waals surface area contributed by atoms with Crippen LogP contribution in [0.4, 0.5) is 13.2 Å². The molecule has 14 heavy (non-hydrogen) atoms. The van der Waals surface area contributed by atoms with Gasteiger partial charge >= 0.3 is 21.1 Å². The third-order valence-electron chi connectivity index (χ3n) is 1.57. The second kappa shape index (κ2) is 6.23. The van der Waals surface area contributed by atoms with Gasteiger partial charge in [-0.05, 0) is 0 Å². The molecule has 0 radical (unpaired) electrons. The van der Waals surface area contributed by atoms with Crippen LogP contribution in [0.1, 0.15) is 23.1 Å². The number of hydrogen-bond acceptors (Lipinski definition) is 0. The Kier molecular flexibility index (Phi) is 7.19. The smallest absolute Gasteiger partial charge is 0.358 e. The summed E-state index contributed by atoms with van der Waals surface area (Å²) in [6.45, 7) is 3.07. The van der Waals surface area contributed by atoms with Crippen molar-refractivity contribution in [3.63, 3.8) is 0 Å². The molecule has 0 saturated heterocycles. The van der Waals surface area contributed by atoms with E-state index in [9.17, 15) is 13.2 Å². The first-order valence-corrected chi connectivity index (χ1v) is 3.49. The Balaban J connectivity index is 0. The van der Waals surface area contributed by atoms with Crippen molar-refractivity contribution in [1.29, 1.82) is 0 Å². The van der Waals surface area contributed by atoms with Crippen molar-refractivity contribution in [2.75, 3.05) is 0 Å². The number of halogens is 3. The van der Waals surface area contributed by atoms with E-state index in [-0.39, 0.29) is 34.1 Å². The van der Waals surface area contributed by atoms with Crippen LogP contribution in [0.15, 0.2) is 6.07 Å². The largest absolute Gasteiger partial charge is 2.00 e. The third-order valence-corrected chi connectivity index (χ3v) is 1.57. The van der Waals surface area contributed by atoms with Gasteiger partial charge in [-0.2, -0.15) is 17.7 Å². The molecule has 0 saturated carbocycles. The molecule has 0 fully saturated rings. The molecule has 0 unspecified atom stereocenters. The summed E-state index contributed by atoms with van der Waals surface area (Å²) in [6, 6.07) is 3.78. The Morgan fingerprint density at radius 2 is 1.79 bits per heavy atom. The molecule has 0 heterocycles. The topological polar surface area (TPSA) is 0 Å². The van der Waals surface area contributed by atoms with Crippen LogP contribution < -0.4 is 0 Å². The second-order valence-electron chi connectivity index (χ2n) is 2.66. The van der Waals surface area contributed by atoms with Crippen molar-refractivity contribution < 1.29 is 34.2 Å². The fourth-order valence-electron chi connectivity index (χ4n) is 1.05. The average molecular weight is 372 g/mol. The average Bonchev–Trinajstić information content (AvgIpc) is 1.96. The molecule has 78 valence electrons. The van der Waals surface area contributed by atoms with Crippen LogP contribution in [0.2, 0.25) is 0 Å². The number of rotatable bonds is 1. The first-order chi connectivity index (χ1) is 5.52. The summed E-state index contributed by atoms with van der Waals surface area (Å²) in [7, 11) is 0. The van der Waals surface area contributed by atoms with Crippen molar-refractivity contribution in [3.8, 4) is 0 Å². The molecule has 0 aliphatic heterocycles. The van der Waals surface area contributed by atoms with Crippen molar-refractivity contribution in [2.24, 2.45) is 0 Å². The fourth-order valence-corrected chi connectivity index (χ4v) is 1.05. The maximum atomic E-state index is 12.9. The van der Waals surface area contributed by atoms with Gasteiger partial charge in [0.15, 0.2) is 0 Å². The summed E-state index contributed by atoms with van der Waals surface area (Å²) in [5, 5.41) is 0. The number of benzene rings is 1. The zero-order chi connectivity index (χ0) is 9.30. The van der Waals surface area contributed by atoms with E-state index in [1.807, 2.05) is 0 Å². The van der Waals surface area contributed by atoms with Crippen LogP contribution >= 0.6 is 0 Å². The zero-order valence-electron chi connectivity index (χ0n) is 8.20. The van der Waals surface area contributed by atoms with E-state index < -0.39 is 17.8 Å². The molecule has 0 amide bonds. The second-order valence-corrected chi connectivity index (χ2v) is 2.66. The molecule has 0 spiro atoms. The Morgan fingerprint density at radius 3 is 2.21 bits per heavy atom. The Morgan fingerprint density at radius 1 is 1.29 bits per heavy atom. The predicted octanol–water partition coefficient (Wildman–Crippen LogP) is 3.63. The van der Waals surface area contributed by atoms with E-state index in [1.165, 1.54) is 13.0 Å². The number of hydrogen-bond donors (Lipinski definition) is 0. The van der Waals surface area contributed by atoms with E-state index >= 15 is 0 Å². The van der Waals surface area contributed by atoms with Crippen molar-refractivity contribution in [2.45, 2.75) is 20.3 Å². The SMILES string of the molecule is Cc1[c-]c(C(F)F)c(F)c(C)c1.[CH3-].[W+2]. The Bertz CT molecular complexity index is 298. The number of aryl methyl sites for hydroxylation is 2. The first-order valence-electron chi connectivity index (χ1n) is 3.49. The van der Waals surface area contributed by atoms with E-state index in [1.54, 1.807) is 6.92 Å². The minimum Gasteiger partial charge on any atom is -0.358 e. The summed E-state index contributed by atoms with van der Waals surface area (Å²) >= 11 is 0. The standard InChI is InChI=1S/C9H8F3.CH3.W/c1-5-3-6(2)8(10)7(4-5)9(11)12;;/h3,9H,1-2H3;1H3;/q2*-1;+2. The molecule has 0 bridgehead atoms. The summed E-state index contributed by atoms with van der Waals surface area (Å²) in [6.07, 6.45) is -2.79. The van der Waals surface area contributed by atoms with E-state index in [0.717, 1.165) is 0 Å². The summed E-state index contributed by atoms with van der Waals surface area (Å²) in [4.78, 5) is 0. The molecule has 0 aromatic heterocycles. The normalized spacial score (nSPS) is 9.29. The zero-order valence-corrected chi connectivity index (χ0v) is 11.1. The molecule has 0 aliphatic rings. The monoisotopic (exact) mass is 372 g/mol. The molecular formula is C10H11F3W. The molecular weight excluding hydrogens is 361 g/mol. The van der Waals surface area contributed by atoms with Crippen LogP contribution in [-0.4, -0.2) is 0 Å². The van der Waals surface area contributed by atoms with E-state index in [0.29, 0.717) is 5.56 Å². The molecule has 0 N–H and O–H groups in total. The van der Waals surface area contributed by atoms with E-state index in [2.05, 4.69) is 6.07 Å². The molecule has 4 heteroatoms. The molecule has 1 aromatic rings. The van der Waals surface area contributed by atoms with Gasteiger partial charge < -0.3 is 7.43 Å². The van der Waals surface area contributed by atoms with Gasteiger partial charge in [-0.25, -0.2) is 8.78 Å². The molecule has 1 rings (SSSR count). The quantitative estimate of drug-likeness (QED) is 0.661. The summed E-state index contributed by atoms with van der Waals surface area (Å²) < 4.78 is 37.2. The maximum absolute atomic E-state index is 12.9. The predicted molar refractivity (Wildman–Crippen MR) is 46.1 cm³/mol. The molecule has 0 aliphatic carbocycles. The minimum absolute atomic E-state index is 0. The third kappa shape index (κ3) is 3.45. The van der Waals surface area contributed by atoms with Crippen LogP contribution in [0, 0.1) is 33.2 Å². The van der Waals surface area contributed by atoms with Crippen molar-refractivity contribution in [1.82, 2.24) is 0 Å². The minimum atomic E-state index is -2.79. The van der Waals surface area contributed by atoms with Gasteiger partial charge in [-0.15, -0.1) is 5.56 Å². The Hall–Kier alpha value is -0.302. The van der Waals surface area contributed by atoms with Gasteiger partial charge in [0.2, 0.25) is 6.43 Å². The van der Waals surface area contributed by atoms with Gasteiger partial charge in [0, 0.05) is 5.82 Å². The van der Waals surface area contributed by atoms with E-state index in [4.69, 9.17) is 0 Å². The van der Waals surface area contributed by atoms with Crippen LogP contribution in [0.5, 0.6) is 0 Å². The summed E-state index contributed by atoms with van der Waals surface area (Å²) in [5.41, 5.74) is 0.137. The van der Waals surface area contributed by atoms with Crippen molar-refractivity contribution >= 4 is 0 Å². The maximum Gasteiger partial charge on any atom is 2.00 e. The van der Waals surface area contributed by atoms with Gasteiger partial charge in [-0.3, -0.25) is 4.39 Å². The fraction of sp³-hybridized carbons (Fsp3) is 0.300. The van der Waals surface area contributed by atoms with Crippen LogP contribution in [0.25, 0.3) is 0 Å². The van der Waals surface area contributed by atoms with Gasteiger partial charge in [0.05, 0.1) is 0 Å². The summed E-state index contributed by atoms with van der Waals surface area (Å²) in [5.74, 6) is -0.851. The Labute approximate surface area is 96.8 Å². The van der Waals surface area contributed by atoms with Crippen molar-refractivity contribution in [3.05, 3.63) is 42.1 Å². The van der Waals surface area contributed by atoms with Gasteiger partial charge in [-0.1, -0.05) is 19.4 Å². The van der Waals surface area contributed by atoms with Gasteiger partial charge in [0.25, 0.3) is 0 Å². The number of alkyl halides is 2. The molecule has 0 atom stereocenters. The first kappa shape index (κ1) is 16.1. The molecule has 0 nitrogen and oxygen atoms in total. The molecule has 1 aromatic carbocycles. The van der Waals surface area contributed by atoms with Crippen LogP contribution in [0.3, 0.4) is 0 Å².